The Morgan fingerprint density at radius 2 is 1.78 bits per heavy atom. The van der Waals surface area contributed by atoms with Crippen LogP contribution in [0.4, 0.5) is 0 Å². The summed E-state index contributed by atoms with van der Waals surface area (Å²) in [7, 11) is 3.38. The van der Waals surface area contributed by atoms with Crippen LogP contribution in [0.3, 0.4) is 0 Å². The van der Waals surface area contributed by atoms with Crippen molar-refractivity contribution >= 4 is 21.8 Å². The Balaban J connectivity index is 2.44. The average molecular weight is 241 g/mol. The number of aryl methyl sites for hydroxylation is 1. The van der Waals surface area contributed by atoms with Crippen molar-refractivity contribution in [3.63, 3.8) is 0 Å². The quantitative estimate of drug-likeness (QED) is 0.743. The molecule has 0 spiro atoms. The molecule has 18 heavy (non-hydrogen) atoms. The lowest BCUT2D eigenvalue weighted by Crippen LogP contribution is -1.85. The Morgan fingerprint density at radius 3 is 2.50 bits per heavy atom. The number of nitrogens with one attached hydrogen (secondary N) is 1. The number of aromatic amines is 1. The highest BCUT2D eigenvalue weighted by Gasteiger charge is 2.10. The molecule has 1 aromatic heterocycles. The molecule has 0 aliphatic heterocycles. The summed E-state index contributed by atoms with van der Waals surface area (Å²) in [6.07, 6.45) is 0. The zero-order chi connectivity index (χ0) is 12.7. The van der Waals surface area contributed by atoms with Crippen molar-refractivity contribution < 1.29 is 9.47 Å². The van der Waals surface area contributed by atoms with E-state index in [1.54, 1.807) is 14.2 Å². The summed E-state index contributed by atoms with van der Waals surface area (Å²) in [5.41, 5.74) is 3.31. The highest BCUT2D eigenvalue weighted by molar-refractivity contribution is 6.09. The summed E-state index contributed by atoms with van der Waals surface area (Å²) in [5, 5.41) is 2.33. The van der Waals surface area contributed by atoms with Crippen LogP contribution in [-0.4, -0.2) is 19.2 Å². The summed E-state index contributed by atoms with van der Waals surface area (Å²) in [4.78, 5) is 3.40. The Labute approximate surface area is 105 Å². The molecule has 0 aliphatic rings. The van der Waals surface area contributed by atoms with E-state index in [4.69, 9.17) is 9.47 Å². The van der Waals surface area contributed by atoms with Gasteiger partial charge in [0.15, 0.2) is 0 Å². The van der Waals surface area contributed by atoms with Crippen molar-refractivity contribution in [1.82, 2.24) is 4.98 Å². The lowest BCUT2D eigenvalue weighted by Gasteiger charge is -2.03. The first kappa shape index (κ1) is 11.0. The Kier molecular flexibility index (Phi) is 2.40. The van der Waals surface area contributed by atoms with Crippen molar-refractivity contribution in [2.75, 3.05) is 14.2 Å². The molecular weight excluding hydrogens is 226 g/mol. The van der Waals surface area contributed by atoms with Gasteiger partial charge in [0.25, 0.3) is 0 Å². The predicted octanol–water partition coefficient (Wildman–Crippen LogP) is 3.65. The van der Waals surface area contributed by atoms with Crippen LogP contribution in [0.1, 0.15) is 5.56 Å². The summed E-state index contributed by atoms with van der Waals surface area (Å²) in [6, 6.07) is 10.2. The van der Waals surface area contributed by atoms with Gasteiger partial charge in [-0.2, -0.15) is 0 Å². The molecule has 1 heterocycles. The molecule has 0 saturated heterocycles. The van der Waals surface area contributed by atoms with E-state index >= 15 is 0 Å². The van der Waals surface area contributed by atoms with Crippen molar-refractivity contribution in [2.45, 2.75) is 6.92 Å². The minimum absolute atomic E-state index is 0.865. The van der Waals surface area contributed by atoms with Gasteiger partial charge in [-0.25, -0.2) is 0 Å². The van der Waals surface area contributed by atoms with E-state index in [1.165, 1.54) is 10.9 Å². The molecule has 3 heteroatoms. The number of hydrogen-bond acceptors (Lipinski definition) is 2. The van der Waals surface area contributed by atoms with Crippen molar-refractivity contribution in [1.29, 1.82) is 0 Å². The van der Waals surface area contributed by atoms with Gasteiger partial charge in [0.2, 0.25) is 0 Å². The standard InChI is InChI=1S/C15H15NO2/c1-9-6-12-11-8-10(17-2)4-5-13(11)16-15(12)14(7-9)18-3/h4-8,16H,1-3H3. The van der Waals surface area contributed by atoms with E-state index < -0.39 is 0 Å². The Bertz CT molecular complexity index is 728. The molecule has 2 aromatic carbocycles. The fourth-order valence-electron chi connectivity index (χ4n) is 2.37. The summed E-state index contributed by atoms with van der Waals surface area (Å²) in [6.45, 7) is 2.07. The van der Waals surface area contributed by atoms with Crippen LogP contribution >= 0.6 is 0 Å². The first-order chi connectivity index (χ1) is 8.72. The third-order valence-corrected chi connectivity index (χ3v) is 3.24. The number of aromatic nitrogens is 1. The van der Waals surface area contributed by atoms with E-state index in [1.807, 2.05) is 24.3 Å². The van der Waals surface area contributed by atoms with Crippen LogP contribution in [0.5, 0.6) is 11.5 Å². The fourth-order valence-corrected chi connectivity index (χ4v) is 2.37. The minimum atomic E-state index is 0.865. The number of hydrogen-bond donors (Lipinski definition) is 1. The molecule has 92 valence electrons. The van der Waals surface area contributed by atoms with Gasteiger partial charge in [-0.1, -0.05) is 0 Å². The van der Waals surface area contributed by atoms with E-state index in [0.717, 1.165) is 27.9 Å². The molecule has 3 rings (SSSR count). The number of benzene rings is 2. The topological polar surface area (TPSA) is 34.2 Å². The summed E-state index contributed by atoms with van der Waals surface area (Å²) in [5.74, 6) is 1.74. The Hall–Kier alpha value is -2.16. The van der Waals surface area contributed by atoms with E-state index in [9.17, 15) is 0 Å². The Morgan fingerprint density at radius 1 is 0.944 bits per heavy atom. The number of H-pyrrole nitrogens is 1. The summed E-state index contributed by atoms with van der Waals surface area (Å²) < 4.78 is 10.7. The highest BCUT2D eigenvalue weighted by atomic mass is 16.5. The average Bonchev–Trinajstić information content (AvgIpc) is 2.75. The maximum Gasteiger partial charge on any atom is 0.143 e. The SMILES string of the molecule is COc1ccc2[nH]c3c(OC)cc(C)cc3c2c1. The van der Waals surface area contributed by atoms with Gasteiger partial charge in [0.1, 0.15) is 11.5 Å². The molecule has 0 atom stereocenters. The third kappa shape index (κ3) is 1.51. The van der Waals surface area contributed by atoms with Crippen LogP contribution in [0.25, 0.3) is 21.8 Å². The second-order valence-electron chi connectivity index (χ2n) is 4.43. The van der Waals surface area contributed by atoms with Crippen LogP contribution in [-0.2, 0) is 0 Å². The second-order valence-corrected chi connectivity index (χ2v) is 4.43. The van der Waals surface area contributed by atoms with Gasteiger partial charge in [-0.05, 0) is 42.8 Å². The molecule has 0 saturated carbocycles. The van der Waals surface area contributed by atoms with E-state index in [-0.39, 0.29) is 0 Å². The maximum atomic E-state index is 5.43. The minimum Gasteiger partial charge on any atom is -0.497 e. The largest absolute Gasteiger partial charge is 0.497 e. The number of ether oxygens (including phenoxy) is 2. The fraction of sp³-hybridized carbons (Fsp3) is 0.200. The first-order valence-corrected chi connectivity index (χ1v) is 5.87. The number of fused-ring (bicyclic) bond motifs is 3. The molecule has 0 aliphatic carbocycles. The summed E-state index contributed by atoms with van der Waals surface area (Å²) >= 11 is 0. The van der Waals surface area contributed by atoms with Crippen LogP contribution in [0.15, 0.2) is 30.3 Å². The molecule has 3 nitrogen and oxygen atoms in total. The molecule has 0 unspecified atom stereocenters. The molecule has 0 bridgehead atoms. The predicted molar refractivity (Wildman–Crippen MR) is 73.6 cm³/mol. The normalized spacial score (nSPS) is 11.1. The highest BCUT2D eigenvalue weighted by Crippen LogP contribution is 2.34. The molecule has 1 N–H and O–H groups in total. The molecular formula is C15H15NO2. The zero-order valence-electron chi connectivity index (χ0n) is 10.7. The van der Waals surface area contributed by atoms with Crippen molar-refractivity contribution in [3.05, 3.63) is 35.9 Å². The molecule has 0 fully saturated rings. The van der Waals surface area contributed by atoms with Gasteiger partial charge >= 0.3 is 0 Å². The zero-order valence-corrected chi connectivity index (χ0v) is 10.7. The van der Waals surface area contributed by atoms with Crippen molar-refractivity contribution in [3.8, 4) is 11.5 Å². The maximum absolute atomic E-state index is 5.43. The van der Waals surface area contributed by atoms with Gasteiger partial charge in [-0.15, -0.1) is 0 Å². The third-order valence-electron chi connectivity index (χ3n) is 3.24. The van der Waals surface area contributed by atoms with Gasteiger partial charge < -0.3 is 14.5 Å². The number of methoxy groups -OCH3 is 2. The van der Waals surface area contributed by atoms with Gasteiger partial charge in [0.05, 0.1) is 19.7 Å². The van der Waals surface area contributed by atoms with E-state index in [0.29, 0.717) is 0 Å². The van der Waals surface area contributed by atoms with Crippen molar-refractivity contribution in [2.24, 2.45) is 0 Å². The van der Waals surface area contributed by atoms with Gasteiger partial charge in [-0.3, -0.25) is 0 Å². The lowest BCUT2D eigenvalue weighted by molar-refractivity contribution is 0.415. The monoisotopic (exact) mass is 241 g/mol. The molecule has 0 radical (unpaired) electrons. The first-order valence-electron chi connectivity index (χ1n) is 5.87. The smallest absolute Gasteiger partial charge is 0.143 e. The molecule has 3 aromatic rings. The van der Waals surface area contributed by atoms with Crippen LogP contribution in [0, 0.1) is 6.92 Å². The van der Waals surface area contributed by atoms with Crippen LogP contribution in [0.2, 0.25) is 0 Å². The van der Waals surface area contributed by atoms with Gasteiger partial charge in [0, 0.05) is 16.3 Å². The van der Waals surface area contributed by atoms with E-state index in [2.05, 4.69) is 18.0 Å². The second kappa shape index (κ2) is 3.95. The molecule has 0 amide bonds. The lowest BCUT2D eigenvalue weighted by atomic mass is 10.1. The number of rotatable bonds is 2. The van der Waals surface area contributed by atoms with Crippen LogP contribution < -0.4 is 9.47 Å².